The van der Waals surface area contributed by atoms with Gasteiger partial charge in [0.2, 0.25) is 5.91 Å². The quantitative estimate of drug-likeness (QED) is 0.855. The third-order valence-corrected chi connectivity index (χ3v) is 4.75. The van der Waals surface area contributed by atoms with Crippen molar-refractivity contribution in [2.45, 2.75) is 33.2 Å². The molecule has 2 rings (SSSR count). The van der Waals surface area contributed by atoms with Crippen LogP contribution in [0, 0.1) is 17.3 Å². The van der Waals surface area contributed by atoms with Gasteiger partial charge in [-0.2, -0.15) is 0 Å². The molecule has 0 aliphatic heterocycles. The first-order valence-corrected chi connectivity index (χ1v) is 7.80. The van der Waals surface area contributed by atoms with Crippen molar-refractivity contribution < 1.29 is 14.7 Å². The molecule has 5 heteroatoms. The molecule has 21 heavy (non-hydrogen) atoms. The molecule has 0 saturated heterocycles. The van der Waals surface area contributed by atoms with E-state index in [0.29, 0.717) is 0 Å². The van der Waals surface area contributed by atoms with Crippen molar-refractivity contribution in [3.63, 3.8) is 0 Å². The van der Waals surface area contributed by atoms with Gasteiger partial charge in [0.1, 0.15) is 0 Å². The number of benzene rings is 1. The number of carbonyl (C=O) groups excluding carboxylic acids is 1. The zero-order chi connectivity index (χ0) is 15.8. The van der Waals surface area contributed by atoms with E-state index in [-0.39, 0.29) is 11.9 Å². The van der Waals surface area contributed by atoms with Crippen LogP contribution in [0.2, 0.25) is 0 Å². The summed E-state index contributed by atoms with van der Waals surface area (Å²) in [4.78, 5) is 23.3. The van der Waals surface area contributed by atoms with Crippen molar-refractivity contribution in [3.8, 4) is 0 Å². The Morgan fingerprint density at radius 1 is 1.29 bits per heavy atom. The number of hydrogen-bond donors (Lipinski definition) is 2. The monoisotopic (exact) mass is 353 g/mol. The van der Waals surface area contributed by atoms with Gasteiger partial charge in [-0.05, 0) is 36.5 Å². The zero-order valence-corrected chi connectivity index (χ0v) is 14.0. The van der Waals surface area contributed by atoms with E-state index in [1.165, 1.54) is 0 Å². The number of hydrogen-bond acceptors (Lipinski definition) is 2. The zero-order valence-electron chi connectivity index (χ0n) is 12.4. The number of amides is 1. The predicted molar refractivity (Wildman–Crippen MR) is 83.8 cm³/mol. The Hall–Kier alpha value is -1.36. The van der Waals surface area contributed by atoms with E-state index < -0.39 is 23.2 Å². The minimum absolute atomic E-state index is 0.0236. The fourth-order valence-electron chi connectivity index (χ4n) is 2.95. The molecule has 0 heterocycles. The molecule has 1 fully saturated rings. The van der Waals surface area contributed by atoms with Crippen molar-refractivity contribution in [3.05, 3.63) is 34.3 Å². The van der Waals surface area contributed by atoms with Crippen molar-refractivity contribution in [2.75, 3.05) is 0 Å². The first-order valence-electron chi connectivity index (χ1n) is 7.01. The standard InChI is InChI=1S/C16H20BrNO3/c1-9(8-10-4-6-11(17)7-5-10)18-14(19)12-13(15(20)21)16(12,2)3/h4-7,9,12-13H,8H2,1-3H3,(H,18,19)(H,20,21)/t9?,12-,13+/m1/s1. The highest BCUT2D eigenvalue weighted by atomic mass is 79.9. The smallest absolute Gasteiger partial charge is 0.307 e. The molecule has 1 saturated carbocycles. The maximum Gasteiger partial charge on any atom is 0.307 e. The van der Waals surface area contributed by atoms with E-state index in [2.05, 4.69) is 21.2 Å². The molecule has 3 atom stereocenters. The molecule has 1 aliphatic rings. The second-order valence-electron chi connectivity index (χ2n) is 6.36. The van der Waals surface area contributed by atoms with Crippen LogP contribution >= 0.6 is 15.9 Å². The summed E-state index contributed by atoms with van der Waals surface area (Å²) in [6, 6.07) is 7.93. The van der Waals surface area contributed by atoms with Crippen LogP contribution in [-0.4, -0.2) is 23.0 Å². The van der Waals surface area contributed by atoms with E-state index in [9.17, 15) is 9.59 Å². The molecule has 1 aromatic rings. The van der Waals surface area contributed by atoms with Gasteiger partial charge in [-0.25, -0.2) is 0 Å². The fourth-order valence-corrected chi connectivity index (χ4v) is 3.21. The van der Waals surface area contributed by atoms with E-state index >= 15 is 0 Å². The van der Waals surface area contributed by atoms with Gasteiger partial charge in [-0.3, -0.25) is 9.59 Å². The summed E-state index contributed by atoms with van der Waals surface area (Å²) >= 11 is 3.39. The summed E-state index contributed by atoms with van der Waals surface area (Å²) in [5, 5.41) is 12.1. The topological polar surface area (TPSA) is 66.4 Å². The maximum absolute atomic E-state index is 12.2. The Balaban J connectivity index is 1.91. The lowest BCUT2D eigenvalue weighted by atomic mass is 10.1. The van der Waals surface area contributed by atoms with Gasteiger partial charge in [0.05, 0.1) is 11.8 Å². The number of rotatable bonds is 5. The number of carbonyl (C=O) groups is 2. The van der Waals surface area contributed by atoms with Crippen LogP contribution in [0.5, 0.6) is 0 Å². The van der Waals surface area contributed by atoms with E-state index in [0.717, 1.165) is 16.5 Å². The molecule has 114 valence electrons. The van der Waals surface area contributed by atoms with Crippen LogP contribution in [0.25, 0.3) is 0 Å². The van der Waals surface area contributed by atoms with E-state index in [1.54, 1.807) is 0 Å². The Labute approximate surface area is 133 Å². The molecule has 0 spiro atoms. The molecular formula is C16H20BrNO3. The molecule has 1 amide bonds. The molecule has 0 bridgehead atoms. The third kappa shape index (κ3) is 3.46. The first kappa shape index (κ1) is 16.0. The van der Waals surface area contributed by atoms with Gasteiger partial charge in [-0.15, -0.1) is 0 Å². The number of halogens is 1. The highest BCUT2D eigenvalue weighted by Gasteiger charge is 2.65. The maximum atomic E-state index is 12.2. The van der Waals surface area contributed by atoms with Gasteiger partial charge in [0, 0.05) is 10.5 Å². The second kappa shape index (κ2) is 5.79. The van der Waals surface area contributed by atoms with Crippen molar-refractivity contribution in [1.29, 1.82) is 0 Å². The Kier molecular flexibility index (Phi) is 4.42. The Morgan fingerprint density at radius 2 is 1.86 bits per heavy atom. The SMILES string of the molecule is CC(Cc1ccc(Br)cc1)NC(=O)[C@H]1[C@@H](C(=O)O)C1(C)C. The highest BCUT2D eigenvalue weighted by molar-refractivity contribution is 9.10. The first-order chi connectivity index (χ1) is 9.73. The summed E-state index contributed by atoms with van der Waals surface area (Å²) in [5.41, 5.74) is 0.684. The molecule has 2 N–H and O–H groups in total. The summed E-state index contributed by atoms with van der Waals surface area (Å²) in [6.45, 7) is 5.59. The van der Waals surface area contributed by atoms with Gasteiger partial charge in [-0.1, -0.05) is 41.9 Å². The molecule has 1 aliphatic carbocycles. The molecule has 0 radical (unpaired) electrons. The fraction of sp³-hybridized carbons (Fsp3) is 0.500. The number of carboxylic acid groups (broad SMARTS) is 1. The Bertz CT molecular complexity index is 553. The normalized spacial score (nSPS) is 24.2. The molecule has 4 nitrogen and oxygen atoms in total. The van der Waals surface area contributed by atoms with E-state index in [4.69, 9.17) is 5.11 Å². The molecular weight excluding hydrogens is 334 g/mol. The minimum atomic E-state index is -0.888. The predicted octanol–water partition coefficient (Wildman–Crippen LogP) is 2.85. The largest absolute Gasteiger partial charge is 0.481 e. The van der Waals surface area contributed by atoms with Crippen LogP contribution < -0.4 is 5.32 Å². The summed E-state index contributed by atoms with van der Waals surface area (Å²) in [5.74, 6) is -2.04. The summed E-state index contributed by atoms with van der Waals surface area (Å²) < 4.78 is 1.02. The summed E-state index contributed by atoms with van der Waals surface area (Å²) in [6.07, 6.45) is 0.726. The average Bonchev–Trinajstić information content (AvgIpc) is 2.95. The number of aliphatic carboxylic acids is 1. The highest BCUT2D eigenvalue weighted by Crippen LogP contribution is 2.58. The van der Waals surface area contributed by atoms with Crippen molar-refractivity contribution in [1.82, 2.24) is 5.32 Å². The van der Waals surface area contributed by atoms with Crippen LogP contribution in [0.15, 0.2) is 28.7 Å². The number of carboxylic acids is 1. The van der Waals surface area contributed by atoms with Crippen LogP contribution in [0.1, 0.15) is 26.3 Å². The molecule has 1 aromatic carbocycles. The van der Waals surface area contributed by atoms with Crippen LogP contribution in [0.3, 0.4) is 0 Å². The Morgan fingerprint density at radius 3 is 2.33 bits per heavy atom. The van der Waals surface area contributed by atoms with Gasteiger partial charge < -0.3 is 10.4 Å². The van der Waals surface area contributed by atoms with Gasteiger partial charge in [0.15, 0.2) is 0 Å². The third-order valence-electron chi connectivity index (χ3n) is 4.22. The van der Waals surface area contributed by atoms with Gasteiger partial charge in [0.25, 0.3) is 0 Å². The lowest BCUT2D eigenvalue weighted by Crippen LogP contribution is -2.36. The van der Waals surface area contributed by atoms with Crippen molar-refractivity contribution >= 4 is 27.8 Å². The van der Waals surface area contributed by atoms with E-state index in [1.807, 2.05) is 45.0 Å². The lowest BCUT2D eigenvalue weighted by Gasteiger charge is -2.14. The van der Waals surface area contributed by atoms with Crippen LogP contribution in [0.4, 0.5) is 0 Å². The lowest BCUT2D eigenvalue weighted by molar-refractivity contribution is -0.140. The molecule has 0 aromatic heterocycles. The minimum Gasteiger partial charge on any atom is -0.481 e. The molecule has 1 unspecified atom stereocenters. The van der Waals surface area contributed by atoms with Gasteiger partial charge >= 0.3 is 5.97 Å². The average molecular weight is 354 g/mol. The van der Waals surface area contributed by atoms with Crippen molar-refractivity contribution in [2.24, 2.45) is 17.3 Å². The second-order valence-corrected chi connectivity index (χ2v) is 7.27. The number of nitrogens with one attached hydrogen (secondary N) is 1. The van der Waals surface area contributed by atoms with Crippen LogP contribution in [-0.2, 0) is 16.0 Å². The summed E-state index contributed by atoms with van der Waals surface area (Å²) in [7, 11) is 0.